The molecule has 1 fully saturated rings. The highest BCUT2D eigenvalue weighted by Gasteiger charge is 2.18. The molecule has 1 aliphatic rings. The SMILES string of the molecule is CC(C)(C)c1ccnc(N2CCCNCC2)n1. The van der Waals surface area contributed by atoms with Crippen LogP contribution in [0.2, 0.25) is 0 Å². The standard InChI is InChI=1S/C13H22N4/c1-13(2,3)11-5-7-15-12(16-11)17-9-4-6-14-8-10-17/h5,7,14H,4,6,8-10H2,1-3H3. The fraction of sp³-hybridized carbons (Fsp3) is 0.692. The van der Waals surface area contributed by atoms with E-state index in [0.29, 0.717) is 0 Å². The van der Waals surface area contributed by atoms with Crippen LogP contribution in [0.25, 0.3) is 0 Å². The smallest absolute Gasteiger partial charge is 0.225 e. The summed E-state index contributed by atoms with van der Waals surface area (Å²) in [6, 6.07) is 2.01. The summed E-state index contributed by atoms with van der Waals surface area (Å²) in [7, 11) is 0. The minimum absolute atomic E-state index is 0.0851. The zero-order valence-corrected chi connectivity index (χ0v) is 11.0. The third kappa shape index (κ3) is 3.16. The molecule has 2 heterocycles. The van der Waals surface area contributed by atoms with Gasteiger partial charge in [0.25, 0.3) is 0 Å². The van der Waals surface area contributed by atoms with Crippen molar-refractivity contribution in [3.8, 4) is 0 Å². The lowest BCUT2D eigenvalue weighted by Gasteiger charge is -2.23. The highest BCUT2D eigenvalue weighted by atomic mass is 15.3. The minimum atomic E-state index is 0.0851. The van der Waals surface area contributed by atoms with Gasteiger partial charge >= 0.3 is 0 Å². The van der Waals surface area contributed by atoms with Gasteiger partial charge in [-0.05, 0) is 19.0 Å². The predicted molar refractivity (Wildman–Crippen MR) is 70.4 cm³/mol. The largest absolute Gasteiger partial charge is 0.339 e. The van der Waals surface area contributed by atoms with E-state index in [9.17, 15) is 0 Å². The van der Waals surface area contributed by atoms with Crippen LogP contribution >= 0.6 is 0 Å². The monoisotopic (exact) mass is 234 g/mol. The Morgan fingerprint density at radius 3 is 2.82 bits per heavy atom. The van der Waals surface area contributed by atoms with Crippen molar-refractivity contribution in [3.05, 3.63) is 18.0 Å². The molecule has 1 aromatic heterocycles. The van der Waals surface area contributed by atoms with Gasteiger partial charge < -0.3 is 10.2 Å². The molecule has 0 bridgehead atoms. The molecule has 0 saturated carbocycles. The van der Waals surface area contributed by atoms with Crippen molar-refractivity contribution in [2.75, 3.05) is 31.1 Å². The van der Waals surface area contributed by atoms with Crippen LogP contribution in [0.15, 0.2) is 12.3 Å². The Hall–Kier alpha value is -1.16. The number of hydrogen-bond acceptors (Lipinski definition) is 4. The summed E-state index contributed by atoms with van der Waals surface area (Å²) in [4.78, 5) is 11.4. The Balaban J connectivity index is 2.20. The Kier molecular flexibility index (Phi) is 3.62. The molecule has 0 unspecified atom stereocenters. The Bertz CT molecular complexity index is 362. The maximum absolute atomic E-state index is 4.70. The van der Waals surface area contributed by atoms with Gasteiger partial charge in [0, 0.05) is 31.2 Å². The van der Waals surface area contributed by atoms with Crippen molar-refractivity contribution in [1.82, 2.24) is 15.3 Å². The maximum atomic E-state index is 4.70. The molecule has 1 aliphatic heterocycles. The van der Waals surface area contributed by atoms with Gasteiger partial charge in [-0.3, -0.25) is 0 Å². The van der Waals surface area contributed by atoms with Gasteiger partial charge in [-0.1, -0.05) is 20.8 Å². The van der Waals surface area contributed by atoms with Gasteiger partial charge in [0.15, 0.2) is 0 Å². The first-order valence-corrected chi connectivity index (χ1v) is 6.36. The second-order valence-corrected chi connectivity index (χ2v) is 5.58. The predicted octanol–water partition coefficient (Wildman–Crippen LogP) is 1.57. The number of nitrogens with zero attached hydrogens (tertiary/aromatic N) is 3. The highest BCUT2D eigenvalue weighted by Crippen LogP contribution is 2.21. The summed E-state index contributed by atoms with van der Waals surface area (Å²) in [6.07, 6.45) is 3.03. The summed E-state index contributed by atoms with van der Waals surface area (Å²) in [6.45, 7) is 10.7. The molecule has 0 aliphatic carbocycles. The van der Waals surface area contributed by atoms with E-state index in [1.807, 2.05) is 12.3 Å². The van der Waals surface area contributed by atoms with E-state index in [1.54, 1.807) is 0 Å². The first-order chi connectivity index (χ1) is 8.07. The molecular formula is C13H22N4. The normalized spacial score (nSPS) is 17.9. The highest BCUT2D eigenvalue weighted by molar-refractivity contribution is 5.32. The number of anilines is 1. The van der Waals surface area contributed by atoms with Crippen LogP contribution in [-0.2, 0) is 5.41 Å². The third-order valence-electron chi connectivity index (χ3n) is 3.03. The molecule has 0 atom stereocenters. The van der Waals surface area contributed by atoms with E-state index in [-0.39, 0.29) is 5.41 Å². The van der Waals surface area contributed by atoms with E-state index in [0.717, 1.165) is 44.2 Å². The van der Waals surface area contributed by atoms with Crippen LogP contribution in [0.1, 0.15) is 32.9 Å². The summed E-state index contributed by atoms with van der Waals surface area (Å²) in [5, 5.41) is 3.39. The van der Waals surface area contributed by atoms with Crippen LogP contribution in [0.4, 0.5) is 5.95 Å². The van der Waals surface area contributed by atoms with Gasteiger partial charge in [-0.25, -0.2) is 9.97 Å². The van der Waals surface area contributed by atoms with Gasteiger partial charge in [0.2, 0.25) is 5.95 Å². The molecule has 0 spiro atoms. The molecule has 4 heteroatoms. The van der Waals surface area contributed by atoms with Crippen molar-refractivity contribution in [1.29, 1.82) is 0 Å². The fourth-order valence-electron chi connectivity index (χ4n) is 1.96. The number of rotatable bonds is 1. The molecule has 2 rings (SSSR count). The second-order valence-electron chi connectivity index (χ2n) is 5.58. The Morgan fingerprint density at radius 2 is 2.06 bits per heavy atom. The Morgan fingerprint density at radius 1 is 1.24 bits per heavy atom. The van der Waals surface area contributed by atoms with Crippen molar-refractivity contribution < 1.29 is 0 Å². The van der Waals surface area contributed by atoms with Crippen LogP contribution in [0, 0.1) is 0 Å². The lowest BCUT2D eigenvalue weighted by molar-refractivity contribution is 0.565. The summed E-state index contributed by atoms with van der Waals surface area (Å²) < 4.78 is 0. The van der Waals surface area contributed by atoms with Crippen LogP contribution < -0.4 is 10.2 Å². The lowest BCUT2D eigenvalue weighted by atomic mass is 9.92. The van der Waals surface area contributed by atoms with Gasteiger partial charge in [-0.15, -0.1) is 0 Å². The van der Waals surface area contributed by atoms with E-state index in [2.05, 4.69) is 36.0 Å². The average Bonchev–Trinajstić information content (AvgIpc) is 2.56. The van der Waals surface area contributed by atoms with Crippen LogP contribution in [-0.4, -0.2) is 36.1 Å². The zero-order valence-electron chi connectivity index (χ0n) is 11.0. The topological polar surface area (TPSA) is 41.1 Å². The van der Waals surface area contributed by atoms with E-state index in [1.165, 1.54) is 0 Å². The fourth-order valence-corrected chi connectivity index (χ4v) is 1.96. The molecule has 94 valence electrons. The van der Waals surface area contributed by atoms with E-state index in [4.69, 9.17) is 4.98 Å². The number of nitrogens with one attached hydrogen (secondary N) is 1. The molecule has 1 N–H and O–H groups in total. The molecule has 0 radical (unpaired) electrons. The average molecular weight is 234 g/mol. The maximum Gasteiger partial charge on any atom is 0.225 e. The molecule has 0 amide bonds. The quantitative estimate of drug-likeness (QED) is 0.801. The molecule has 4 nitrogen and oxygen atoms in total. The van der Waals surface area contributed by atoms with E-state index < -0.39 is 0 Å². The zero-order chi connectivity index (χ0) is 12.3. The number of aromatic nitrogens is 2. The molecule has 0 aromatic carbocycles. The van der Waals surface area contributed by atoms with Crippen LogP contribution in [0.3, 0.4) is 0 Å². The van der Waals surface area contributed by atoms with Crippen molar-refractivity contribution in [2.24, 2.45) is 0 Å². The minimum Gasteiger partial charge on any atom is -0.339 e. The first-order valence-electron chi connectivity index (χ1n) is 6.36. The summed E-state index contributed by atoms with van der Waals surface area (Å²) >= 11 is 0. The van der Waals surface area contributed by atoms with Gasteiger partial charge in [0.05, 0.1) is 5.69 Å². The van der Waals surface area contributed by atoms with Crippen molar-refractivity contribution >= 4 is 5.95 Å². The molecular weight excluding hydrogens is 212 g/mol. The first kappa shape index (κ1) is 12.3. The third-order valence-corrected chi connectivity index (χ3v) is 3.03. The van der Waals surface area contributed by atoms with Crippen molar-refractivity contribution in [2.45, 2.75) is 32.6 Å². The lowest BCUT2D eigenvalue weighted by Crippen LogP contribution is -2.30. The van der Waals surface area contributed by atoms with E-state index >= 15 is 0 Å². The number of hydrogen-bond donors (Lipinski definition) is 1. The summed E-state index contributed by atoms with van der Waals surface area (Å²) in [5.74, 6) is 0.876. The summed E-state index contributed by atoms with van der Waals surface area (Å²) in [5.41, 5.74) is 1.20. The molecule has 1 aromatic rings. The molecule has 1 saturated heterocycles. The van der Waals surface area contributed by atoms with Crippen molar-refractivity contribution in [3.63, 3.8) is 0 Å². The van der Waals surface area contributed by atoms with Gasteiger partial charge in [0.1, 0.15) is 0 Å². The Labute approximate surface area is 103 Å². The second kappa shape index (κ2) is 5.00. The van der Waals surface area contributed by atoms with Gasteiger partial charge in [-0.2, -0.15) is 0 Å². The molecule has 17 heavy (non-hydrogen) atoms. The van der Waals surface area contributed by atoms with Crippen LogP contribution in [0.5, 0.6) is 0 Å².